The number of pyridine rings is 2. The molecule has 4 amide bonds. The van der Waals surface area contributed by atoms with E-state index in [1.165, 1.54) is 21.6 Å². The standard InChI is InChI=1S/C22H31F2N5O4S.C21H29N5O5S/c1-12(2)14-8-16(22(7,23)24)26-17(13(3)4)18(14)27-20(30)28-34(31,32)15-9-25-29-10-21(5,6)11-33-19(15)29;1-12(2)15-10-17(31-14-6-7-14)23-18(13(3)4)19(15)24-21(27)25-32(28,29)16-11-22-26-8-5-9-30-20(16)26/h8-9,12-13H,10-11H2,1-7H3,(H2,27,28,30);10-14H,5-9H2,1-4H3,(H2,24,25,27). The largest absolute Gasteiger partial charge is 0.477 e. The first kappa shape index (κ1) is 49.8. The first-order valence-electron chi connectivity index (χ1n) is 21.9. The van der Waals surface area contributed by atoms with Crippen LogP contribution in [0.2, 0.25) is 0 Å². The zero-order chi connectivity index (χ0) is 48.7. The summed E-state index contributed by atoms with van der Waals surface area (Å²) in [5.41, 5.74) is 2.22. The van der Waals surface area contributed by atoms with Crippen LogP contribution in [0.3, 0.4) is 0 Å². The first-order chi connectivity index (χ1) is 30.7. The smallest absolute Gasteiger partial charge is 0.333 e. The lowest BCUT2D eigenvalue weighted by Gasteiger charge is -2.30. The van der Waals surface area contributed by atoms with Gasteiger partial charge in [-0.2, -0.15) is 19.0 Å². The lowest BCUT2D eigenvalue weighted by molar-refractivity contribution is 0.0124. The van der Waals surface area contributed by atoms with Crippen molar-refractivity contribution < 1.29 is 49.4 Å². The maximum atomic E-state index is 14.0. The number of carbonyl (C=O) groups excluding carboxylic acids is 2. The van der Waals surface area contributed by atoms with Crippen LogP contribution in [-0.2, 0) is 39.1 Å². The predicted molar refractivity (Wildman–Crippen MR) is 241 cm³/mol. The van der Waals surface area contributed by atoms with Crippen molar-refractivity contribution in [3.63, 3.8) is 0 Å². The van der Waals surface area contributed by atoms with Crippen LogP contribution in [0.25, 0.3) is 0 Å². The zero-order valence-corrected chi connectivity index (χ0v) is 40.7. The molecule has 2 aliphatic heterocycles. The van der Waals surface area contributed by atoms with Crippen LogP contribution in [0.5, 0.6) is 17.6 Å². The number of ether oxygens (including phenoxy) is 3. The van der Waals surface area contributed by atoms with Gasteiger partial charge in [0.1, 0.15) is 11.8 Å². The molecule has 362 valence electrons. The Morgan fingerprint density at radius 3 is 1.77 bits per heavy atom. The maximum Gasteiger partial charge on any atom is 0.333 e. The van der Waals surface area contributed by atoms with E-state index in [1.807, 2.05) is 52.3 Å². The summed E-state index contributed by atoms with van der Waals surface area (Å²) in [6.07, 6.45) is 5.28. The molecule has 0 radical (unpaired) electrons. The van der Waals surface area contributed by atoms with Crippen molar-refractivity contribution >= 4 is 43.5 Å². The fraction of sp³-hybridized carbons (Fsp3) is 0.581. The van der Waals surface area contributed by atoms with Gasteiger partial charge in [0.15, 0.2) is 9.79 Å². The van der Waals surface area contributed by atoms with Gasteiger partial charge in [-0.1, -0.05) is 69.2 Å². The summed E-state index contributed by atoms with van der Waals surface area (Å²) in [7, 11) is -8.50. The van der Waals surface area contributed by atoms with Crippen molar-refractivity contribution in [2.45, 2.75) is 154 Å². The van der Waals surface area contributed by atoms with Crippen molar-refractivity contribution in [3.05, 3.63) is 52.7 Å². The molecular weight excluding hydrogens is 903 g/mol. The Morgan fingerprint density at radius 2 is 1.27 bits per heavy atom. The molecule has 0 atom stereocenters. The fourth-order valence-corrected chi connectivity index (χ4v) is 9.15. The first-order valence-corrected chi connectivity index (χ1v) is 24.8. The summed E-state index contributed by atoms with van der Waals surface area (Å²) < 4.78 is 104. The van der Waals surface area contributed by atoms with Crippen molar-refractivity contribution in [1.82, 2.24) is 39.0 Å². The molecule has 0 aromatic carbocycles. The summed E-state index contributed by atoms with van der Waals surface area (Å²) in [6, 6.07) is 1.14. The molecule has 4 N–H and O–H groups in total. The number of alkyl halides is 2. The predicted octanol–water partition coefficient (Wildman–Crippen LogP) is 7.92. The molecule has 1 aliphatic carbocycles. The minimum absolute atomic E-state index is 0.0155. The van der Waals surface area contributed by atoms with Crippen LogP contribution in [0.15, 0.2) is 34.3 Å². The highest BCUT2D eigenvalue weighted by atomic mass is 32.2. The molecule has 66 heavy (non-hydrogen) atoms. The number of urea groups is 2. The number of carbonyl (C=O) groups is 2. The lowest BCUT2D eigenvalue weighted by Crippen LogP contribution is -2.36. The molecule has 0 saturated heterocycles. The van der Waals surface area contributed by atoms with Crippen LogP contribution in [0, 0.1) is 5.41 Å². The normalized spacial score (nSPS) is 15.8. The molecule has 1 fully saturated rings. The van der Waals surface area contributed by atoms with Crippen LogP contribution in [0.4, 0.5) is 29.7 Å². The second-order valence-corrected chi connectivity index (χ2v) is 22.1. The average molecular weight is 963 g/mol. The second kappa shape index (κ2) is 19.0. The number of aryl methyl sites for hydroxylation is 1. The van der Waals surface area contributed by atoms with E-state index in [-0.39, 0.29) is 68.1 Å². The molecule has 6 heterocycles. The Kier molecular flexibility index (Phi) is 14.3. The highest BCUT2D eigenvalue weighted by Gasteiger charge is 2.36. The lowest BCUT2D eigenvalue weighted by atomic mass is 9.94. The Morgan fingerprint density at radius 1 is 0.773 bits per heavy atom. The number of halogens is 2. The summed E-state index contributed by atoms with van der Waals surface area (Å²) in [5, 5.41) is 13.4. The third-order valence-electron chi connectivity index (χ3n) is 10.7. The van der Waals surface area contributed by atoms with E-state index >= 15 is 0 Å². The Hall–Kier alpha value is -5.58. The summed E-state index contributed by atoms with van der Waals surface area (Å²) in [4.78, 5) is 33.8. The number of hydrogen-bond donors (Lipinski definition) is 4. The Balaban J connectivity index is 0.000000219. The molecule has 4 aromatic rings. The van der Waals surface area contributed by atoms with Crippen molar-refractivity contribution in [1.29, 1.82) is 0 Å². The number of fused-ring (bicyclic) bond motifs is 2. The molecule has 23 heteroatoms. The van der Waals surface area contributed by atoms with E-state index in [2.05, 4.69) is 35.5 Å². The van der Waals surface area contributed by atoms with Gasteiger partial charge < -0.3 is 24.8 Å². The summed E-state index contributed by atoms with van der Waals surface area (Å²) >= 11 is 0. The number of amides is 4. The van der Waals surface area contributed by atoms with Crippen LogP contribution in [-0.4, -0.2) is 77.7 Å². The van der Waals surface area contributed by atoms with Gasteiger partial charge in [-0.3, -0.25) is 0 Å². The van der Waals surface area contributed by atoms with Crippen LogP contribution < -0.4 is 34.3 Å². The number of hydrogen-bond acceptors (Lipinski definition) is 13. The van der Waals surface area contributed by atoms with Gasteiger partial charge >= 0.3 is 12.1 Å². The highest BCUT2D eigenvalue weighted by Crippen LogP contribution is 2.39. The number of rotatable bonds is 13. The van der Waals surface area contributed by atoms with E-state index < -0.39 is 43.7 Å². The van der Waals surface area contributed by atoms with E-state index in [0.29, 0.717) is 49.1 Å². The molecular formula is C43H60F2N10O9S2. The van der Waals surface area contributed by atoms with Gasteiger partial charge in [0.2, 0.25) is 17.6 Å². The molecule has 3 aliphatic rings. The second-order valence-electron chi connectivity index (χ2n) is 18.8. The Bertz CT molecular complexity index is 2630. The topological polar surface area (TPSA) is 240 Å². The molecule has 7 rings (SSSR count). The number of anilines is 2. The molecule has 0 unspecified atom stereocenters. The third kappa shape index (κ3) is 11.5. The maximum absolute atomic E-state index is 14.0. The molecule has 19 nitrogen and oxygen atoms in total. The number of sulfonamides is 2. The molecule has 0 bridgehead atoms. The van der Waals surface area contributed by atoms with E-state index in [4.69, 9.17) is 14.2 Å². The average Bonchev–Trinajstić information content (AvgIpc) is 3.73. The van der Waals surface area contributed by atoms with E-state index in [1.54, 1.807) is 27.7 Å². The quantitative estimate of drug-likeness (QED) is 0.0997. The van der Waals surface area contributed by atoms with Crippen molar-refractivity contribution in [2.75, 3.05) is 23.8 Å². The van der Waals surface area contributed by atoms with E-state index in [0.717, 1.165) is 37.9 Å². The van der Waals surface area contributed by atoms with Gasteiger partial charge in [-0.05, 0) is 53.7 Å². The fourth-order valence-electron chi connectivity index (χ4n) is 7.18. The molecule has 1 saturated carbocycles. The van der Waals surface area contributed by atoms with E-state index in [9.17, 15) is 35.2 Å². The van der Waals surface area contributed by atoms with Crippen molar-refractivity contribution in [2.24, 2.45) is 5.41 Å². The monoisotopic (exact) mass is 962 g/mol. The van der Waals surface area contributed by atoms with Crippen LogP contribution >= 0.6 is 0 Å². The number of aromatic nitrogens is 6. The minimum Gasteiger partial charge on any atom is -0.477 e. The molecule has 0 spiro atoms. The van der Waals surface area contributed by atoms with Gasteiger partial charge in [-0.15, -0.1) is 0 Å². The SMILES string of the molecule is CC(C)c1cc(C(C)(F)F)nc(C(C)C)c1NC(=O)NS(=O)(=O)c1cnn2c1OCC(C)(C)C2.CC(C)c1cc(OC2CC2)nc(C(C)C)c1NC(=O)NS(=O)(=O)c1cnn2c1OCCC2. The third-order valence-corrected chi connectivity index (χ3v) is 13.3. The molecule has 4 aromatic heterocycles. The Labute approximate surface area is 384 Å². The number of nitrogens with one attached hydrogen (secondary N) is 4. The van der Waals surface area contributed by atoms with Crippen molar-refractivity contribution in [3.8, 4) is 17.6 Å². The number of nitrogens with zero attached hydrogens (tertiary/aromatic N) is 6. The minimum atomic E-state index is -4.32. The van der Waals surface area contributed by atoms with Crippen LogP contribution in [0.1, 0.15) is 147 Å². The van der Waals surface area contributed by atoms with Gasteiger partial charge in [0.05, 0.1) is 54.9 Å². The highest BCUT2D eigenvalue weighted by molar-refractivity contribution is 7.90. The zero-order valence-electron chi connectivity index (χ0n) is 39.1. The van der Waals surface area contributed by atoms with Gasteiger partial charge in [0, 0.05) is 31.4 Å². The summed E-state index contributed by atoms with van der Waals surface area (Å²) in [5.74, 6) is -2.96. The van der Waals surface area contributed by atoms with Gasteiger partial charge in [0.25, 0.3) is 26.0 Å². The van der Waals surface area contributed by atoms with Gasteiger partial charge in [-0.25, -0.2) is 55.2 Å². The summed E-state index contributed by atoms with van der Waals surface area (Å²) in [6.45, 7) is 21.4.